The van der Waals surface area contributed by atoms with Crippen molar-refractivity contribution in [2.75, 3.05) is 11.5 Å². The molecule has 62 valence electrons. The van der Waals surface area contributed by atoms with Gasteiger partial charge in [0.1, 0.15) is 0 Å². The third-order valence-electron chi connectivity index (χ3n) is 3.05. The summed E-state index contributed by atoms with van der Waals surface area (Å²) >= 11 is 2.15. The molecule has 0 amide bonds. The third kappa shape index (κ3) is 1.64. The second-order valence-electron chi connectivity index (χ2n) is 3.88. The molecular weight excluding hydrogens is 152 g/mol. The Morgan fingerprint density at radius 3 is 3.09 bits per heavy atom. The van der Waals surface area contributed by atoms with Gasteiger partial charge in [0.05, 0.1) is 0 Å². The second kappa shape index (κ2) is 3.22. The molecule has 0 aromatic heterocycles. The molecule has 1 saturated heterocycles. The van der Waals surface area contributed by atoms with E-state index in [2.05, 4.69) is 18.3 Å². The van der Waals surface area contributed by atoms with E-state index in [1.807, 2.05) is 0 Å². The molecule has 1 aliphatic carbocycles. The van der Waals surface area contributed by atoms with Gasteiger partial charge in [0.25, 0.3) is 0 Å². The summed E-state index contributed by atoms with van der Waals surface area (Å²) in [6, 6.07) is 0. The normalized spacial score (nSPS) is 38.4. The van der Waals surface area contributed by atoms with Crippen LogP contribution in [-0.2, 0) is 0 Å². The lowest BCUT2D eigenvalue weighted by Gasteiger charge is -2.35. The van der Waals surface area contributed by atoms with E-state index >= 15 is 0 Å². The standard InChI is InChI=1S/C10H16S/c1-8-2-3-10-7-11-5-4-9(10)6-8/h9-10H,1-7H2/t9-,10+/m1/s1. The minimum absolute atomic E-state index is 1.01. The number of thioether (sulfide) groups is 1. The largest absolute Gasteiger partial charge is 0.162 e. The molecule has 2 atom stereocenters. The molecule has 1 heteroatoms. The predicted molar refractivity (Wildman–Crippen MR) is 51.9 cm³/mol. The smallest absolute Gasteiger partial charge is 0.00363 e. The topological polar surface area (TPSA) is 0 Å². The highest BCUT2D eigenvalue weighted by molar-refractivity contribution is 7.99. The summed E-state index contributed by atoms with van der Waals surface area (Å²) < 4.78 is 0. The fourth-order valence-electron chi connectivity index (χ4n) is 2.29. The maximum atomic E-state index is 4.10. The van der Waals surface area contributed by atoms with Gasteiger partial charge < -0.3 is 0 Å². The van der Waals surface area contributed by atoms with Gasteiger partial charge >= 0.3 is 0 Å². The molecule has 0 radical (unpaired) electrons. The first-order valence-corrected chi connectivity index (χ1v) is 5.76. The van der Waals surface area contributed by atoms with Gasteiger partial charge in [-0.2, -0.15) is 11.8 Å². The predicted octanol–water partition coefficient (Wildman–Crippen LogP) is 3.10. The number of fused-ring (bicyclic) bond motifs is 1. The number of rotatable bonds is 0. The summed E-state index contributed by atoms with van der Waals surface area (Å²) in [6.45, 7) is 4.10. The monoisotopic (exact) mass is 168 g/mol. The maximum absolute atomic E-state index is 4.10. The Hall–Kier alpha value is 0.0900. The van der Waals surface area contributed by atoms with Gasteiger partial charge in [-0.1, -0.05) is 12.2 Å². The highest BCUT2D eigenvalue weighted by Crippen LogP contribution is 2.40. The van der Waals surface area contributed by atoms with Gasteiger partial charge in [0.2, 0.25) is 0 Å². The molecule has 1 heterocycles. The van der Waals surface area contributed by atoms with Gasteiger partial charge in [-0.15, -0.1) is 0 Å². The number of allylic oxidation sites excluding steroid dienone is 1. The molecule has 0 unspecified atom stereocenters. The average molecular weight is 168 g/mol. The molecule has 2 aliphatic rings. The molecule has 1 aliphatic heterocycles. The summed E-state index contributed by atoms with van der Waals surface area (Å²) in [5.74, 6) is 4.88. The van der Waals surface area contributed by atoms with Crippen LogP contribution < -0.4 is 0 Å². The van der Waals surface area contributed by atoms with Crippen LogP contribution in [0.15, 0.2) is 12.2 Å². The van der Waals surface area contributed by atoms with Crippen molar-refractivity contribution < 1.29 is 0 Å². The second-order valence-corrected chi connectivity index (χ2v) is 5.03. The first-order chi connectivity index (χ1) is 5.36. The van der Waals surface area contributed by atoms with Crippen LogP contribution >= 0.6 is 11.8 Å². The number of hydrogen-bond donors (Lipinski definition) is 0. The molecule has 0 aromatic carbocycles. The zero-order valence-electron chi connectivity index (χ0n) is 7.01. The van der Waals surface area contributed by atoms with Crippen LogP contribution in [0.4, 0.5) is 0 Å². The summed E-state index contributed by atoms with van der Waals surface area (Å²) in [5.41, 5.74) is 1.51. The van der Waals surface area contributed by atoms with Crippen molar-refractivity contribution in [2.45, 2.75) is 25.7 Å². The van der Waals surface area contributed by atoms with Gasteiger partial charge in [0, 0.05) is 0 Å². The molecule has 1 saturated carbocycles. The van der Waals surface area contributed by atoms with Crippen molar-refractivity contribution in [1.82, 2.24) is 0 Å². The fourth-order valence-corrected chi connectivity index (χ4v) is 3.67. The van der Waals surface area contributed by atoms with Crippen molar-refractivity contribution in [1.29, 1.82) is 0 Å². The molecule has 2 fully saturated rings. The molecular formula is C10H16S. The van der Waals surface area contributed by atoms with Crippen LogP contribution in [0.2, 0.25) is 0 Å². The molecule has 11 heavy (non-hydrogen) atoms. The zero-order valence-corrected chi connectivity index (χ0v) is 7.83. The van der Waals surface area contributed by atoms with Crippen molar-refractivity contribution in [3.8, 4) is 0 Å². The van der Waals surface area contributed by atoms with Crippen molar-refractivity contribution >= 4 is 11.8 Å². The highest BCUT2D eigenvalue weighted by Gasteiger charge is 2.28. The first-order valence-electron chi connectivity index (χ1n) is 4.60. The van der Waals surface area contributed by atoms with Gasteiger partial charge in [-0.25, -0.2) is 0 Å². The van der Waals surface area contributed by atoms with Crippen LogP contribution in [-0.4, -0.2) is 11.5 Å². The van der Waals surface area contributed by atoms with Crippen molar-refractivity contribution in [3.05, 3.63) is 12.2 Å². The third-order valence-corrected chi connectivity index (χ3v) is 4.24. The summed E-state index contributed by atoms with van der Waals surface area (Å²) in [5, 5.41) is 0. The van der Waals surface area contributed by atoms with Crippen molar-refractivity contribution in [3.63, 3.8) is 0 Å². The molecule has 0 aromatic rings. The molecule has 0 nitrogen and oxygen atoms in total. The first kappa shape index (κ1) is 7.72. The Morgan fingerprint density at radius 2 is 2.18 bits per heavy atom. The fraction of sp³-hybridized carbons (Fsp3) is 0.800. The van der Waals surface area contributed by atoms with E-state index in [1.165, 1.54) is 42.8 Å². The quantitative estimate of drug-likeness (QED) is 0.501. The number of hydrogen-bond acceptors (Lipinski definition) is 1. The van der Waals surface area contributed by atoms with E-state index in [-0.39, 0.29) is 0 Å². The molecule has 0 bridgehead atoms. The van der Waals surface area contributed by atoms with Crippen LogP contribution in [0, 0.1) is 11.8 Å². The van der Waals surface area contributed by atoms with E-state index in [0.717, 1.165) is 11.8 Å². The summed E-state index contributed by atoms with van der Waals surface area (Å²) in [4.78, 5) is 0. The Morgan fingerprint density at radius 1 is 1.27 bits per heavy atom. The molecule has 2 rings (SSSR count). The van der Waals surface area contributed by atoms with Crippen molar-refractivity contribution in [2.24, 2.45) is 11.8 Å². The SMILES string of the molecule is C=C1CC[C@H]2CSCC[C@@H]2C1. The Kier molecular flexibility index (Phi) is 2.26. The van der Waals surface area contributed by atoms with Crippen LogP contribution in [0.3, 0.4) is 0 Å². The summed E-state index contributed by atoms with van der Waals surface area (Å²) in [6.07, 6.45) is 5.53. The maximum Gasteiger partial charge on any atom is -0.00363 e. The van der Waals surface area contributed by atoms with Gasteiger partial charge in [-0.3, -0.25) is 0 Å². The Balaban J connectivity index is 1.98. The molecule has 0 spiro atoms. The van der Waals surface area contributed by atoms with Crippen LogP contribution in [0.25, 0.3) is 0 Å². The van der Waals surface area contributed by atoms with E-state index in [9.17, 15) is 0 Å². The van der Waals surface area contributed by atoms with Gasteiger partial charge in [0.15, 0.2) is 0 Å². The summed E-state index contributed by atoms with van der Waals surface area (Å²) in [7, 11) is 0. The van der Waals surface area contributed by atoms with Crippen LogP contribution in [0.1, 0.15) is 25.7 Å². The van der Waals surface area contributed by atoms with E-state index in [1.54, 1.807) is 0 Å². The Bertz CT molecular complexity index is 162. The lowest BCUT2D eigenvalue weighted by atomic mass is 9.77. The van der Waals surface area contributed by atoms with Gasteiger partial charge in [-0.05, 0) is 49.0 Å². The van der Waals surface area contributed by atoms with E-state index in [0.29, 0.717) is 0 Å². The lowest BCUT2D eigenvalue weighted by Crippen LogP contribution is -2.26. The lowest BCUT2D eigenvalue weighted by molar-refractivity contribution is 0.291. The zero-order chi connectivity index (χ0) is 7.68. The van der Waals surface area contributed by atoms with E-state index in [4.69, 9.17) is 0 Å². The van der Waals surface area contributed by atoms with Crippen LogP contribution in [0.5, 0.6) is 0 Å². The highest BCUT2D eigenvalue weighted by atomic mass is 32.2. The Labute approximate surface area is 73.4 Å². The minimum atomic E-state index is 1.01. The minimum Gasteiger partial charge on any atom is -0.162 e. The average Bonchev–Trinajstić information content (AvgIpc) is 2.04. The molecule has 0 N–H and O–H groups in total. The van der Waals surface area contributed by atoms with E-state index < -0.39 is 0 Å².